The first kappa shape index (κ1) is 61.1. The molecule has 1 fully saturated rings. The number of hydrogen-bond donors (Lipinski definition) is 6. The molecule has 0 aliphatic carbocycles. The highest BCUT2D eigenvalue weighted by atomic mass is 16.7. The van der Waals surface area contributed by atoms with Crippen LogP contribution < -0.4 is 5.32 Å². The summed E-state index contributed by atoms with van der Waals surface area (Å²) in [6.45, 7) is 3.61. The summed E-state index contributed by atoms with van der Waals surface area (Å²) in [6.07, 6.45) is 59.0. The van der Waals surface area contributed by atoms with Gasteiger partial charge in [-0.1, -0.05) is 207 Å². The maximum absolute atomic E-state index is 13.0. The summed E-state index contributed by atoms with van der Waals surface area (Å²) in [7, 11) is 0. The Balaban J connectivity index is 2.20. The lowest BCUT2D eigenvalue weighted by molar-refractivity contribution is -0.302. The highest BCUT2D eigenvalue weighted by Crippen LogP contribution is 2.22. The molecule has 0 aromatic rings. The third-order valence-electron chi connectivity index (χ3n) is 11.9. The van der Waals surface area contributed by atoms with Crippen LogP contribution in [0.25, 0.3) is 0 Å². The maximum atomic E-state index is 13.0. The van der Waals surface area contributed by atoms with Gasteiger partial charge in [-0.05, 0) is 83.5 Å². The van der Waals surface area contributed by atoms with Crippen LogP contribution in [0.3, 0.4) is 0 Å². The van der Waals surface area contributed by atoms with E-state index in [0.29, 0.717) is 6.42 Å². The van der Waals surface area contributed by atoms with Crippen molar-refractivity contribution in [2.75, 3.05) is 13.2 Å². The summed E-state index contributed by atoms with van der Waals surface area (Å²) in [6, 6.07) is -0.827. The van der Waals surface area contributed by atoms with E-state index in [1.165, 1.54) is 103 Å². The number of aliphatic hydroxyl groups excluding tert-OH is 5. The number of unbranched alkanes of at least 4 members (excludes halogenated alkanes) is 19. The van der Waals surface area contributed by atoms with Gasteiger partial charge in [0.1, 0.15) is 24.4 Å². The normalized spacial score (nSPS) is 20.6. The van der Waals surface area contributed by atoms with Gasteiger partial charge in [-0.3, -0.25) is 4.79 Å². The van der Waals surface area contributed by atoms with Crippen molar-refractivity contribution >= 4 is 5.91 Å². The van der Waals surface area contributed by atoms with Crippen LogP contribution in [0.15, 0.2) is 97.2 Å². The first-order valence-corrected chi connectivity index (χ1v) is 26.5. The van der Waals surface area contributed by atoms with Crippen LogP contribution in [-0.4, -0.2) is 87.5 Å². The minimum atomic E-state index is -1.58. The molecule has 0 spiro atoms. The zero-order chi connectivity index (χ0) is 48.0. The van der Waals surface area contributed by atoms with E-state index in [4.69, 9.17) is 9.47 Å². The number of allylic oxidation sites excluding steroid dienone is 15. The number of ether oxygens (including phenoxy) is 2. The smallest absolute Gasteiger partial charge is 0.220 e. The zero-order valence-corrected chi connectivity index (χ0v) is 41.7. The summed E-state index contributed by atoms with van der Waals surface area (Å²) >= 11 is 0. The summed E-state index contributed by atoms with van der Waals surface area (Å²) < 4.78 is 11.2. The monoisotopic (exact) mass is 924 g/mol. The molecule has 0 saturated carbocycles. The second kappa shape index (κ2) is 45.9. The van der Waals surface area contributed by atoms with Crippen LogP contribution in [0.4, 0.5) is 0 Å². The molecule has 1 aliphatic heterocycles. The molecule has 9 nitrogen and oxygen atoms in total. The standard InChI is InChI=1S/C57H97NO8/c1-3-5-7-9-11-13-15-17-18-19-20-21-22-23-24-25-26-27-28-29-30-31-32-33-34-35-37-39-41-43-45-47-53(61)58-50(49-65-57-56(64)55(63)54(62)52(48-59)66-57)51(60)46-44-42-40-38-36-16-14-12-10-8-6-4-2/h5,7,11,13,17-18,20-21,23-24,26-27,36,38,44,46,50-52,54-57,59-60,62-64H,3-4,6,8-10,12,14-16,19,22,25,28-35,37,39-43,45,47-49H2,1-2H3,(H,58,61)/b7-5-,13-11-,18-17-,21-20-,24-23-,27-26-,38-36+,46-44+. The predicted molar refractivity (Wildman–Crippen MR) is 276 cm³/mol. The summed E-state index contributed by atoms with van der Waals surface area (Å²) in [5, 5.41) is 54.2. The average Bonchev–Trinajstić information content (AvgIpc) is 3.32. The highest BCUT2D eigenvalue weighted by Gasteiger charge is 2.44. The van der Waals surface area contributed by atoms with E-state index in [2.05, 4.69) is 104 Å². The predicted octanol–water partition coefficient (Wildman–Crippen LogP) is 12.5. The molecule has 0 radical (unpaired) electrons. The molecule has 7 atom stereocenters. The first-order valence-electron chi connectivity index (χ1n) is 26.5. The number of carbonyl (C=O) groups is 1. The van der Waals surface area contributed by atoms with Crippen LogP contribution in [0.1, 0.15) is 200 Å². The van der Waals surface area contributed by atoms with E-state index in [1.54, 1.807) is 6.08 Å². The largest absolute Gasteiger partial charge is 0.394 e. The highest BCUT2D eigenvalue weighted by molar-refractivity contribution is 5.76. The second-order valence-electron chi connectivity index (χ2n) is 17.9. The van der Waals surface area contributed by atoms with Crippen LogP contribution in [0.2, 0.25) is 0 Å². The fourth-order valence-corrected chi connectivity index (χ4v) is 7.70. The van der Waals surface area contributed by atoms with Crippen LogP contribution in [-0.2, 0) is 14.3 Å². The zero-order valence-electron chi connectivity index (χ0n) is 41.7. The van der Waals surface area contributed by atoms with Crippen molar-refractivity contribution in [1.29, 1.82) is 0 Å². The summed E-state index contributed by atoms with van der Waals surface area (Å²) in [4.78, 5) is 13.0. The topological polar surface area (TPSA) is 149 Å². The van der Waals surface area contributed by atoms with Crippen LogP contribution >= 0.6 is 0 Å². The fourth-order valence-electron chi connectivity index (χ4n) is 7.70. The van der Waals surface area contributed by atoms with Crippen molar-refractivity contribution in [2.45, 2.75) is 243 Å². The number of aliphatic hydroxyl groups is 5. The Kier molecular flexibility index (Phi) is 42.5. The Morgan fingerprint density at radius 2 is 0.955 bits per heavy atom. The van der Waals surface area contributed by atoms with E-state index >= 15 is 0 Å². The molecule has 0 bridgehead atoms. The van der Waals surface area contributed by atoms with Crippen LogP contribution in [0, 0.1) is 0 Å². The van der Waals surface area contributed by atoms with Gasteiger partial charge in [-0.2, -0.15) is 0 Å². The van der Waals surface area contributed by atoms with Gasteiger partial charge >= 0.3 is 0 Å². The number of nitrogens with one attached hydrogen (secondary N) is 1. The molecular formula is C57H97NO8. The van der Waals surface area contributed by atoms with Gasteiger partial charge in [0.05, 0.1) is 25.4 Å². The molecular weight excluding hydrogens is 827 g/mol. The number of carbonyl (C=O) groups excluding carboxylic acids is 1. The van der Waals surface area contributed by atoms with Gasteiger partial charge in [0.25, 0.3) is 0 Å². The third kappa shape index (κ3) is 35.3. The van der Waals surface area contributed by atoms with Gasteiger partial charge in [0.15, 0.2) is 6.29 Å². The Morgan fingerprint density at radius 1 is 0.530 bits per heavy atom. The van der Waals surface area contributed by atoms with Gasteiger partial charge in [0, 0.05) is 6.42 Å². The third-order valence-corrected chi connectivity index (χ3v) is 11.9. The molecule has 1 rings (SSSR count). The van der Waals surface area contributed by atoms with Gasteiger partial charge in [0.2, 0.25) is 5.91 Å². The number of hydrogen-bond acceptors (Lipinski definition) is 8. The lowest BCUT2D eigenvalue weighted by atomic mass is 9.99. The molecule has 6 N–H and O–H groups in total. The van der Waals surface area contributed by atoms with Crippen LogP contribution in [0.5, 0.6) is 0 Å². The van der Waals surface area contributed by atoms with Crippen molar-refractivity contribution in [1.82, 2.24) is 5.32 Å². The molecule has 378 valence electrons. The van der Waals surface area contributed by atoms with E-state index in [-0.39, 0.29) is 12.5 Å². The Labute approximate surface area is 403 Å². The molecule has 1 amide bonds. The lowest BCUT2D eigenvalue weighted by Crippen LogP contribution is -2.60. The van der Waals surface area contributed by atoms with Crippen molar-refractivity contribution in [2.24, 2.45) is 0 Å². The Bertz CT molecular complexity index is 1350. The fraction of sp³-hybridized carbons (Fsp3) is 0.702. The number of rotatable bonds is 43. The van der Waals surface area contributed by atoms with Crippen molar-refractivity contribution in [3.8, 4) is 0 Å². The van der Waals surface area contributed by atoms with E-state index in [1.807, 2.05) is 6.08 Å². The van der Waals surface area contributed by atoms with Crippen molar-refractivity contribution < 1.29 is 39.8 Å². The molecule has 1 aliphatic rings. The Morgan fingerprint density at radius 3 is 1.45 bits per heavy atom. The first-order chi connectivity index (χ1) is 32.3. The Hall–Kier alpha value is -2.89. The van der Waals surface area contributed by atoms with Gasteiger partial charge < -0.3 is 40.3 Å². The quantitative estimate of drug-likeness (QED) is 0.0262. The van der Waals surface area contributed by atoms with E-state index < -0.39 is 49.5 Å². The number of amides is 1. The minimum Gasteiger partial charge on any atom is -0.394 e. The van der Waals surface area contributed by atoms with Gasteiger partial charge in [-0.25, -0.2) is 0 Å². The molecule has 1 heterocycles. The maximum Gasteiger partial charge on any atom is 0.220 e. The van der Waals surface area contributed by atoms with E-state index in [0.717, 1.165) is 77.0 Å². The molecule has 0 aromatic carbocycles. The van der Waals surface area contributed by atoms with E-state index in [9.17, 15) is 30.3 Å². The second-order valence-corrected chi connectivity index (χ2v) is 17.9. The average molecular weight is 924 g/mol. The minimum absolute atomic E-state index is 0.195. The molecule has 9 heteroatoms. The lowest BCUT2D eigenvalue weighted by Gasteiger charge is -2.40. The molecule has 7 unspecified atom stereocenters. The summed E-state index contributed by atoms with van der Waals surface area (Å²) in [5.74, 6) is -0.195. The van der Waals surface area contributed by atoms with Gasteiger partial charge in [-0.15, -0.1) is 0 Å². The molecule has 0 aromatic heterocycles. The summed E-state index contributed by atoms with van der Waals surface area (Å²) in [5.41, 5.74) is 0. The molecule has 66 heavy (non-hydrogen) atoms. The van der Waals surface area contributed by atoms with Crippen molar-refractivity contribution in [3.63, 3.8) is 0 Å². The van der Waals surface area contributed by atoms with Crippen molar-refractivity contribution in [3.05, 3.63) is 97.2 Å². The SMILES string of the molecule is CC/C=C\C/C=C\C/C=C\C/C=C\C/C=C\C/C=C\CCCCCCCCCCCCCCC(=O)NC(COC1OC(CO)C(O)C(O)C1O)C(O)/C=C/CC/C=C/CCCCCCCC. The molecule has 1 saturated heterocycles.